The van der Waals surface area contributed by atoms with E-state index >= 15 is 0 Å². The highest BCUT2D eigenvalue weighted by Gasteiger charge is 2.23. The molecule has 5 nitrogen and oxygen atoms in total. The van der Waals surface area contributed by atoms with Crippen molar-refractivity contribution in [2.24, 2.45) is 0 Å². The number of anilines is 1. The smallest absolute Gasteiger partial charge is 0.252 e. The van der Waals surface area contributed by atoms with Gasteiger partial charge in [-0.05, 0) is 44.9 Å². The molecule has 0 radical (unpaired) electrons. The molecule has 6 heteroatoms. The van der Waals surface area contributed by atoms with Crippen LogP contribution >= 0.6 is 0 Å². The van der Waals surface area contributed by atoms with Crippen LogP contribution in [0.25, 0.3) is 0 Å². The quantitative estimate of drug-likeness (QED) is 0.807. The summed E-state index contributed by atoms with van der Waals surface area (Å²) in [7, 11) is -3.04. The van der Waals surface area contributed by atoms with Gasteiger partial charge in [-0.15, -0.1) is 0 Å². The van der Waals surface area contributed by atoms with Crippen LogP contribution in [-0.2, 0) is 9.84 Å². The zero-order valence-corrected chi connectivity index (χ0v) is 13.2. The first-order valence-corrected chi connectivity index (χ1v) is 8.43. The predicted octanol–water partition coefficient (Wildman–Crippen LogP) is 1.52. The third-order valence-corrected chi connectivity index (χ3v) is 4.00. The number of benzene rings is 1. The summed E-state index contributed by atoms with van der Waals surface area (Å²) in [5.41, 5.74) is 6.95. The maximum atomic E-state index is 12.2. The molecule has 1 aromatic rings. The monoisotopic (exact) mass is 298 g/mol. The molecule has 0 bridgehead atoms. The zero-order valence-electron chi connectivity index (χ0n) is 12.4. The average molecular weight is 298 g/mol. The number of nitrogens with one attached hydrogen (secondary N) is 1. The van der Waals surface area contributed by atoms with E-state index in [0.717, 1.165) is 5.56 Å². The number of aryl methyl sites for hydroxylation is 1. The lowest BCUT2D eigenvalue weighted by Gasteiger charge is -2.26. The van der Waals surface area contributed by atoms with Crippen molar-refractivity contribution in [3.63, 3.8) is 0 Å². The van der Waals surface area contributed by atoms with Crippen LogP contribution in [0.3, 0.4) is 0 Å². The molecule has 1 aromatic carbocycles. The van der Waals surface area contributed by atoms with Gasteiger partial charge in [0.25, 0.3) is 5.91 Å². The normalized spacial score (nSPS) is 12.2. The van der Waals surface area contributed by atoms with E-state index in [1.807, 2.05) is 6.92 Å². The number of nitrogen functional groups attached to an aromatic ring is 1. The maximum Gasteiger partial charge on any atom is 0.252 e. The Morgan fingerprint density at radius 2 is 1.95 bits per heavy atom. The minimum Gasteiger partial charge on any atom is -0.399 e. The molecule has 0 aliphatic heterocycles. The molecule has 1 rings (SSSR count). The molecule has 1 amide bonds. The molecular formula is C14H22N2O3S. The van der Waals surface area contributed by atoms with Gasteiger partial charge in [-0.25, -0.2) is 8.42 Å². The van der Waals surface area contributed by atoms with Crippen molar-refractivity contribution in [3.8, 4) is 0 Å². The fraction of sp³-hybridized carbons (Fsp3) is 0.500. The van der Waals surface area contributed by atoms with E-state index in [4.69, 9.17) is 5.73 Å². The molecule has 0 unspecified atom stereocenters. The van der Waals surface area contributed by atoms with E-state index in [2.05, 4.69) is 5.32 Å². The van der Waals surface area contributed by atoms with Crippen LogP contribution in [0.4, 0.5) is 5.69 Å². The van der Waals surface area contributed by atoms with Crippen LogP contribution in [0.5, 0.6) is 0 Å². The summed E-state index contributed by atoms with van der Waals surface area (Å²) in [5, 5.41) is 2.85. The largest absolute Gasteiger partial charge is 0.399 e. The van der Waals surface area contributed by atoms with Crippen LogP contribution in [-0.4, -0.2) is 31.9 Å². The Labute approximate surface area is 120 Å². The standard InChI is InChI=1S/C14H22N2O3S/c1-10-5-6-11(15)9-12(10)13(17)16-14(2,3)7-8-20(4,18)19/h5-6,9H,7-8,15H2,1-4H3,(H,16,17). The van der Waals surface area contributed by atoms with E-state index in [1.165, 1.54) is 6.26 Å². The van der Waals surface area contributed by atoms with Gasteiger partial charge in [0.15, 0.2) is 0 Å². The van der Waals surface area contributed by atoms with Gasteiger partial charge in [-0.3, -0.25) is 4.79 Å². The highest BCUT2D eigenvalue weighted by Crippen LogP contribution is 2.16. The Morgan fingerprint density at radius 3 is 2.50 bits per heavy atom. The van der Waals surface area contributed by atoms with Gasteiger partial charge in [-0.1, -0.05) is 6.07 Å². The van der Waals surface area contributed by atoms with E-state index in [1.54, 1.807) is 32.0 Å². The van der Waals surface area contributed by atoms with Gasteiger partial charge >= 0.3 is 0 Å². The molecule has 20 heavy (non-hydrogen) atoms. The molecule has 0 saturated heterocycles. The van der Waals surface area contributed by atoms with Crippen LogP contribution in [0, 0.1) is 6.92 Å². The fourth-order valence-electron chi connectivity index (χ4n) is 1.76. The lowest BCUT2D eigenvalue weighted by Crippen LogP contribution is -2.44. The first-order valence-electron chi connectivity index (χ1n) is 6.36. The van der Waals surface area contributed by atoms with Crippen molar-refractivity contribution in [2.75, 3.05) is 17.7 Å². The third-order valence-electron chi connectivity index (χ3n) is 3.06. The SMILES string of the molecule is Cc1ccc(N)cc1C(=O)NC(C)(C)CCS(C)(=O)=O. The molecule has 3 N–H and O–H groups in total. The second kappa shape index (κ2) is 5.83. The molecule has 0 fully saturated rings. The molecule has 0 aliphatic rings. The van der Waals surface area contributed by atoms with E-state index < -0.39 is 15.4 Å². The Balaban J connectivity index is 2.81. The first kappa shape index (κ1) is 16.5. The maximum absolute atomic E-state index is 12.2. The summed E-state index contributed by atoms with van der Waals surface area (Å²) in [5.74, 6) is -0.204. The van der Waals surface area contributed by atoms with Crippen LogP contribution < -0.4 is 11.1 Å². The second-order valence-electron chi connectivity index (χ2n) is 5.79. The van der Waals surface area contributed by atoms with Gasteiger partial charge in [0.05, 0.1) is 5.75 Å². The van der Waals surface area contributed by atoms with Gasteiger partial charge in [0.1, 0.15) is 9.84 Å². The number of nitrogens with two attached hydrogens (primary N) is 1. The summed E-state index contributed by atoms with van der Waals surface area (Å²) in [6.07, 6.45) is 1.55. The zero-order chi connectivity index (χ0) is 15.6. The molecule has 0 aromatic heterocycles. The molecule has 0 spiro atoms. The summed E-state index contributed by atoms with van der Waals surface area (Å²) < 4.78 is 22.4. The fourth-order valence-corrected chi connectivity index (χ4v) is 2.64. The summed E-state index contributed by atoms with van der Waals surface area (Å²) in [6.45, 7) is 5.44. The Kier molecular flexibility index (Phi) is 4.81. The number of rotatable bonds is 5. The third kappa shape index (κ3) is 5.21. The molecule has 112 valence electrons. The topological polar surface area (TPSA) is 89.3 Å². The van der Waals surface area contributed by atoms with Crippen molar-refractivity contribution in [2.45, 2.75) is 32.7 Å². The van der Waals surface area contributed by atoms with Crippen molar-refractivity contribution in [1.82, 2.24) is 5.32 Å². The highest BCUT2D eigenvalue weighted by molar-refractivity contribution is 7.90. The van der Waals surface area contributed by atoms with E-state index in [0.29, 0.717) is 17.7 Å². The van der Waals surface area contributed by atoms with E-state index in [-0.39, 0.29) is 11.7 Å². The number of sulfone groups is 1. The Morgan fingerprint density at radius 1 is 1.35 bits per heavy atom. The Bertz CT molecular complexity index is 607. The van der Waals surface area contributed by atoms with Gasteiger partial charge in [-0.2, -0.15) is 0 Å². The summed E-state index contributed by atoms with van der Waals surface area (Å²) in [4.78, 5) is 12.2. The lowest BCUT2D eigenvalue weighted by atomic mass is 10.00. The summed E-state index contributed by atoms with van der Waals surface area (Å²) >= 11 is 0. The van der Waals surface area contributed by atoms with Gasteiger partial charge < -0.3 is 11.1 Å². The number of hydrogen-bond donors (Lipinski definition) is 2. The second-order valence-corrected chi connectivity index (χ2v) is 8.05. The van der Waals surface area contributed by atoms with Crippen molar-refractivity contribution >= 4 is 21.4 Å². The number of carbonyl (C=O) groups excluding carboxylic acids is 1. The molecule has 0 heterocycles. The number of carbonyl (C=O) groups is 1. The average Bonchev–Trinajstić information content (AvgIpc) is 2.28. The summed E-state index contributed by atoms with van der Waals surface area (Å²) in [6, 6.07) is 5.14. The van der Waals surface area contributed by atoms with Crippen molar-refractivity contribution in [3.05, 3.63) is 29.3 Å². The number of amides is 1. The molecule has 0 saturated carbocycles. The van der Waals surface area contributed by atoms with Crippen LogP contribution in [0.1, 0.15) is 36.2 Å². The molecular weight excluding hydrogens is 276 g/mol. The minimum absolute atomic E-state index is 0.0379. The lowest BCUT2D eigenvalue weighted by molar-refractivity contribution is 0.0911. The predicted molar refractivity (Wildman–Crippen MR) is 81.5 cm³/mol. The van der Waals surface area contributed by atoms with Crippen LogP contribution in [0.2, 0.25) is 0 Å². The molecule has 0 atom stereocenters. The number of hydrogen-bond acceptors (Lipinski definition) is 4. The van der Waals surface area contributed by atoms with Crippen molar-refractivity contribution < 1.29 is 13.2 Å². The van der Waals surface area contributed by atoms with Gasteiger partial charge in [0.2, 0.25) is 0 Å². The minimum atomic E-state index is -3.04. The van der Waals surface area contributed by atoms with Crippen LogP contribution in [0.15, 0.2) is 18.2 Å². The Hall–Kier alpha value is -1.56. The van der Waals surface area contributed by atoms with Gasteiger partial charge in [0, 0.05) is 23.0 Å². The van der Waals surface area contributed by atoms with Crippen molar-refractivity contribution in [1.29, 1.82) is 0 Å². The molecule has 0 aliphatic carbocycles. The first-order chi connectivity index (χ1) is 9.00. The highest BCUT2D eigenvalue weighted by atomic mass is 32.2. The van der Waals surface area contributed by atoms with E-state index in [9.17, 15) is 13.2 Å².